The van der Waals surface area contributed by atoms with E-state index >= 15 is 0 Å². The number of thiazole rings is 1. The van der Waals surface area contributed by atoms with Gasteiger partial charge in [-0.2, -0.15) is 0 Å². The maximum absolute atomic E-state index is 12.1. The SMILES string of the molecule is O=C(Cc1csc(NC(=O)c2ccc(=O)[nH]c2)n1)NCCC1=CCCCC1. The summed E-state index contributed by atoms with van der Waals surface area (Å²) in [5.41, 5.74) is 2.11. The minimum absolute atomic E-state index is 0.0739. The molecule has 2 aromatic rings. The van der Waals surface area contributed by atoms with Crippen LogP contribution < -0.4 is 16.2 Å². The van der Waals surface area contributed by atoms with Gasteiger partial charge in [-0.05, 0) is 38.2 Å². The molecular formula is C19H22N4O3S. The summed E-state index contributed by atoms with van der Waals surface area (Å²) in [5.74, 6) is -0.437. The summed E-state index contributed by atoms with van der Waals surface area (Å²) in [6, 6.07) is 2.73. The molecule has 0 unspecified atom stereocenters. The van der Waals surface area contributed by atoms with Crippen molar-refractivity contribution in [1.29, 1.82) is 0 Å². The van der Waals surface area contributed by atoms with Gasteiger partial charge in [0.25, 0.3) is 5.91 Å². The van der Waals surface area contributed by atoms with Gasteiger partial charge in [0, 0.05) is 24.2 Å². The second-order valence-electron chi connectivity index (χ2n) is 6.42. The molecule has 2 amide bonds. The number of nitrogens with zero attached hydrogens (tertiary/aromatic N) is 1. The van der Waals surface area contributed by atoms with Crippen molar-refractivity contribution >= 4 is 28.3 Å². The Labute approximate surface area is 160 Å². The van der Waals surface area contributed by atoms with Gasteiger partial charge < -0.3 is 10.3 Å². The van der Waals surface area contributed by atoms with E-state index < -0.39 is 0 Å². The molecule has 3 rings (SSSR count). The highest BCUT2D eigenvalue weighted by Crippen LogP contribution is 2.19. The lowest BCUT2D eigenvalue weighted by Crippen LogP contribution is -2.26. The van der Waals surface area contributed by atoms with Crippen molar-refractivity contribution in [2.24, 2.45) is 0 Å². The largest absolute Gasteiger partial charge is 0.355 e. The lowest BCUT2D eigenvalue weighted by atomic mass is 9.97. The minimum atomic E-state index is -0.364. The van der Waals surface area contributed by atoms with E-state index in [0.29, 0.717) is 22.9 Å². The van der Waals surface area contributed by atoms with E-state index in [4.69, 9.17) is 0 Å². The maximum Gasteiger partial charge on any atom is 0.258 e. The fourth-order valence-electron chi connectivity index (χ4n) is 2.89. The molecule has 0 fully saturated rings. The molecule has 2 heterocycles. The molecule has 0 saturated heterocycles. The summed E-state index contributed by atoms with van der Waals surface area (Å²) < 4.78 is 0. The van der Waals surface area contributed by atoms with Crippen LogP contribution >= 0.6 is 11.3 Å². The second kappa shape index (κ2) is 9.27. The number of hydrogen-bond acceptors (Lipinski definition) is 5. The fraction of sp³-hybridized carbons (Fsp3) is 0.368. The zero-order valence-electron chi connectivity index (χ0n) is 14.9. The number of aromatic amines is 1. The molecule has 0 saturated carbocycles. The van der Waals surface area contributed by atoms with E-state index in [0.717, 1.165) is 19.3 Å². The van der Waals surface area contributed by atoms with Crippen molar-refractivity contribution in [1.82, 2.24) is 15.3 Å². The molecule has 142 valence electrons. The van der Waals surface area contributed by atoms with Crippen LogP contribution in [-0.4, -0.2) is 28.3 Å². The molecule has 0 aliphatic heterocycles. The lowest BCUT2D eigenvalue weighted by molar-refractivity contribution is -0.120. The summed E-state index contributed by atoms with van der Waals surface area (Å²) >= 11 is 1.26. The van der Waals surface area contributed by atoms with Crippen LogP contribution in [-0.2, 0) is 11.2 Å². The average molecular weight is 386 g/mol. The Balaban J connectivity index is 1.45. The minimum Gasteiger partial charge on any atom is -0.355 e. The maximum atomic E-state index is 12.1. The van der Waals surface area contributed by atoms with Crippen LogP contribution in [0.15, 0.2) is 40.2 Å². The predicted octanol–water partition coefficient (Wildman–Crippen LogP) is 2.63. The van der Waals surface area contributed by atoms with Gasteiger partial charge in [0.05, 0.1) is 17.7 Å². The Kier molecular flexibility index (Phi) is 6.54. The van der Waals surface area contributed by atoms with Gasteiger partial charge in [-0.25, -0.2) is 4.98 Å². The van der Waals surface area contributed by atoms with Gasteiger partial charge in [-0.3, -0.25) is 19.7 Å². The molecule has 8 heteroatoms. The molecule has 27 heavy (non-hydrogen) atoms. The Morgan fingerprint density at radius 3 is 2.89 bits per heavy atom. The summed E-state index contributed by atoms with van der Waals surface area (Å²) in [6.07, 6.45) is 9.52. The van der Waals surface area contributed by atoms with Crippen molar-refractivity contribution in [3.05, 3.63) is 57.0 Å². The van der Waals surface area contributed by atoms with E-state index in [1.54, 1.807) is 5.38 Å². The molecule has 0 atom stereocenters. The van der Waals surface area contributed by atoms with Crippen LogP contribution in [0, 0.1) is 0 Å². The van der Waals surface area contributed by atoms with E-state index in [-0.39, 0.29) is 23.8 Å². The fourth-order valence-corrected chi connectivity index (χ4v) is 3.59. The number of nitrogens with one attached hydrogen (secondary N) is 3. The van der Waals surface area contributed by atoms with E-state index in [9.17, 15) is 14.4 Å². The number of pyridine rings is 1. The molecular weight excluding hydrogens is 364 g/mol. The number of allylic oxidation sites excluding steroid dienone is 1. The third kappa shape index (κ3) is 5.89. The van der Waals surface area contributed by atoms with Crippen LogP contribution in [0.5, 0.6) is 0 Å². The summed E-state index contributed by atoms with van der Waals surface area (Å²) in [5, 5.41) is 7.76. The lowest BCUT2D eigenvalue weighted by Gasteiger charge is -2.12. The summed E-state index contributed by atoms with van der Waals surface area (Å²) in [7, 11) is 0. The van der Waals surface area contributed by atoms with Crippen LogP contribution in [0.1, 0.15) is 48.2 Å². The normalized spacial score (nSPS) is 13.7. The van der Waals surface area contributed by atoms with E-state index in [1.807, 2.05) is 0 Å². The highest BCUT2D eigenvalue weighted by Gasteiger charge is 2.11. The topological polar surface area (TPSA) is 104 Å². The van der Waals surface area contributed by atoms with Crippen molar-refractivity contribution in [2.75, 3.05) is 11.9 Å². The first-order chi connectivity index (χ1) is 13.1. The van der Waals surface area contributed by atoms with Gasteiger partial charge in [-0.1, -0.05) is 11.6 Å². The van der Waals surface area contributed by atoms with Crippen molar-refractivity contribution in [3.8, 4) is 0 Å². The summed E-state index contributed by atoms with van der Waals surface area (Å²) in [4.78, 5) is 41.9. The molecule has 1 aliphatic carbocycles. The molecule has 7 nitrogen and oxygen atoms in total. The van der Waals surface area contributed by atoms with Gasteiger partial charge in [0.2, 0.25) is 11.5 Å². The first kappa shape index (κ1) is 19.0. The van der Waals surface area contributed by atoms with Crippen molar-refractivity contribution < 1.29 is 9.59 Å². The van der Waals surface area contributed by atoms with Gasteiger partial charge in [-0.15, -0.1) is 11.3 Å². The van der Waals surface area contributed by atoms with E-state index in [2.05, 4.69) is 26.7 Å². The standard InChI is InChI=1S/C19H22N4O3S/c24-16-7-6-14(11-21-16)18(26)23-19-22-15(12-27-19)10-17(25)20-9-8-13-4-2-1-3-5-13/h4,6-7,11-12H,1-3,5,8-10H2,(H,20,25)(H,21,24)(H,22,23,26). The van der Waals surface area contributed by atoms with Gasteiger partial charge in [0.1, 0.15) is 0 Å². The Morgan fingerprint density at radius 2 is 2.15 bits per heavy atom. The Hall–Kier alpha value is -2.74. The van der Waals surface area contributed by atoms with Crippen LogP contribution in [0.4, 0.5) is 5.13 Å². The molecule has 0 bridgehead atoms. The number of rotatable bonds is 7. The summed E-state index contributed by atoms with van der Waals surface area (Å²) in [6.45, 7) is 0.643. The zero-order chi connectivity index (χ0) is 19.1. The molecule has 2 aromatic heterocycles. The smallest absolute Gasteiger partial charge is 0.258 e. The van der Waals surface area contributed by atoms with Crippen LogP contribution in [0.25, 0.3) is 0 Å². The number of carbonyl (C=O) groups is 2. The number of hydrogen-bond donors (Lipinski definition) is 3. The van der Waals surface area contributed by atoms with Crippen LogP contribution in [0.3, 0.4) is 0 Å². The number of amides is 2. The third-order valence-electron chi connectivity index (χ3n) is 4.31. The molecule has 0 radical (unpaired) electrons. The monoisotopic (exact) mass is 386 g/mol. The third-order valence-corrected chi connectivity index (χ3v) is 5.12. The average Bonchev–Trinajstić information content (AvgIpc) is 3.09. The van der Waals surface area contributed by atoms with Gasteiger partial charge >= 0.3 is 0 Å². The van der Waals surface area contributed by atoms with Crippen LogP contribution in [0.2, 0.25) is 0 Å². The molecule has 0 aromatic carbocycles. The number of H-pyrrole nitrogens is 1. The molecule has 1 aliphatic rings. The quantitative estimate of drug-likeness (QED) is 0.636. The van der Waals surface area contributed by atoms with Crippen molar-refractivity contribution in [2.45, 2.75) is 38.5 Å². The number of anilines is 1. The Morgan fingerprint density at radius 1 is 1.26 bits per heavy atom. The molecule has 3 N–H and O–H groups in total. The predicted molar refractivity (Wildman–Crippen MR) is 105 cm³/mol. The van der Waals surface area contributed by atoms with E-state index in [1.165, 1.54) is 48.1 Å². The number of aromatic nitrogens is 2. The second-order valence-corrected chi connectivity index (χ2v) is 7.28. The first-order valence-corrected chi connectivity index (χ1v) is 9.87. The highest BCUT2D eigenvalue weighted by molar-refractivity contribution is 7.14. The first-order valence-electron chi connectivity index (χ1n) is 8.99. The zero-order valence-corrected chi connectivity index (χ0v) is 15.7. The van der Waals surface area contributed by atoms with Crippen molar-refractivity contribution in [3.63, 3.8) is 0 Å². The van der Waals surface area contributed by atoms with Gasteiger partial charge in [0.15, 0.2) is 5.13 Å². The Bertz CT molecular complexity index is 880. The molecule has 0 spiro atoms. The number of carbonyl (C=O) groups excluding carboxylic acids is 2. The highest BCUT2D eigenvalue weighted by atomic mass is 32.1.